The molecule has 0 atom stereocenters. The third-order valence-electron chi connectivity index (χ3n) is 3.32. The summed E-state index contributed by atoms with van der Waals surface area (Å²) in [5.74, 6) is 0.0431. The molecule has 0 unspecified atom stereocenters. The van der Waals surface area contributed by atoms with Crippen LogP contribution in [0.2, 0.25) is 0 Å². The summed E-state index contributed by atoms with van der Waals surface area (Å²) in [6, 6.07) is 0. The predicted molar refractivity (Wildman–Crippen MR) is 56.6 cm³/mol. The van der Waals surface area contributed by atoms with Crippen LogP contribution in [-0.2, 0) is 6.54 Å². The Kier molecular flexibility index (Phi) is 2.59. The molecule has 0 amide bonds. The van der Waals surface area contributed by atoms with Gasteiger partial charge in [-0.3, -0.25) is 4.79 Å². The molecule has 1 aliphatic carbocycles. The molecular formula is C11H17N3O. The van der Waals surface area contributed by atoms with E-state index in [2.05, 4.69) is 17.2 Å². The van der Waals surface area contributed by atoms with Crippen molar-refractivity contribution in [1.82, 2.24) is 15.0 Å². The average Bonchev–Trinajstić information content (AvgIpc) is 2.75. The zero-order chi connectivity index (χ0) is 10.9. The van der Waals surface area contributed by atoms with Crippen LogP contribution in [0.5, 0.6) is 0 Å². The molecule has 4 nitrogen and oxygen atoms in total. The Hall–Kier alpha value is -1.19. The number of hydrogen-bond acceptors (Lipinski definition) is 3. The molecule has 0 saturated heterocycles. The van der Waals surface area contributed by atoms with Gasteiger partial charge in [-0.15, -0.1) is 5.10 Å². The maximum absolute atomic E-state index is 11.3. The number of carbonyl (C=O) groups is 1. The third kappa shape index (κ3) is 2.08. The van der Waals surface area contributed by atoms with Crippen LogP contribution in [0.25, 0.3) is 0 Å². The van der Waals surface area contributed by atoms with Gasteiger partial charge in [0.15, 0.2) is 5.78 Å². The molecular weight excluding hydrogens is 190 g/mol. The Labute approximate surface area is 89.7 Å². The lowest BCUT2D eigenvalue weighted by atomic mass is 9.89. The second-order valence-electron chi connectivity index (χ2n) is 4.85. The zero-order valence-corrected chi connectivity index (χ0v) is 9.36. The fraction of sp³-hybridized carbons (Fsp3) is 0.727. The number of Topliss-reactive ketones (excluding diaryl/α,β-unsaturated/α-hetero) is 1. The van der Waals surface area contributed by atoms with Crippen molar-refractivity contribution in [1.29, 1.82) is 0 Å². The number of carbonyl (C=O) groups excluding carboxylic acids is 1. The first-order chi connectivity index (χ1) is 7.11. The Balaban J connectivity index is 2.16. The Morgan fingerprint density at radius 1 is 1.53 bits per heavy atom. The first-order valence-corrected chi connectivity index (χ1v) is 5.50. The molecule has 0 aromatic carbocycles. The molecule has 1 saturated carbocycles. The lowest BCUT2D eigenvalue weighted by Crippen LogP contribution is -2.22. The van der Waals surface area contributed by atoms with E-state index in [4.69, 9.17) is 0 Å². The van der Waals surface area contributed by atoms with Crippen LogP contribution in [0.3, 0.4) is 0 Å². The molecule has 1 heterocycles. The van der Waals surface area contributed by atoms with E-state index in [1.165, 1.54) is 25.7 Å². The number of hydrogen-bond donors (Lipinski definition) is 0. The van der Waals surface area contributed by atoms with Gasteiger partial charge in [0.2, 0.25) is 0 Å². The van der Waals surface area contributed by atoms with Crippen molar-refractivity contribution in [2.24, 2.45) is 5.41 Å². The van der Waals surface area contributed by atoms with Crippen molar-refractivity contribution in [3.05, 3.63) is 11.9 Å². The van der Waals surface area contributed by atoms with E-state index in [1.807, 2.05) is 0 Å². The molecule has 2 rings (SSSR count). The molecule has 0 aliphatic heterocycles. The SMILES string of the molecule is CC(=O)c1cnnn1CC1(C)CCCC1. The smallest absolute Gasteiger partial charge is 0.179 e. The summed E-state index contributed by atoms with van der Waals surface area (Å²) >= 11 is 0. The summed E-state index contributed by atoms with van der Waals surface area (Å²) in [5.41, 5.74) is 0.931. The number of aromatic nitrogens is 3. The van der Waals surface area contributed by atoms with E-state index in [0.717, 1.165) is 6.54 Å². The number of nitrogens with zero attached hydrogens (tertiary/aromatic N) is 3. The lowest BCUT2D eigenvalue weighted by molar-refractivity contribution is 0.0999. The summed E-state index contributed by atoms with van der Waals surface area (Å²) in [4.78, 5) is 11.3. The van der Waals surface area contributed by atoms with Crippen molar-refractivity contribution in [2.45, 2.75) is 46.1 Å². The molecule has 4 heteroatoms. The van der Waals surface area contributed by atoms with E-state index in [9.17, 15) is 4.79 Å². The van der Waals surface area contributed by atoms with E-state index >= 15 is 0 Å². The van der Waals surface area contributed by atoms with Crippen LogP contribution in [0.15, 0.2) is 6.20 Å². The molecule has 1 aromatic heterocycles. The van der Waals surface area contributed by atoms with Gasteiger partial charge in [-0.25, -0.2) is 4.68 Å². The fourth-order valence-electron chi connectivity index (χ4n) is 2.40. The molecule has 82 valence electrons. The van der Waals surface area contributed by atoms with Gasteiger partial charge < -0.3 is 0 Å². The average molecular weight is 207 g/mol. The molecule has 15 heavy (non-hydrogen) atoms. The van der Waals surface area contributed by atoms with Gasteiger partial charge in [-0.05, 0) is 18.3 Å². The molecule has 1 aliphatic rings. The van der Waals surface area contributed by atoms with E-state index < -0.39 is 0 Å². The quantitative estimate of drug-likeness (QED) is 0.713. The first kappa shape index (κ1) is 10.3. The van der Waals surface area contributed by atoms with Gasteiger partial charge in [0, 0.05) is 13.5 Å². The van der Waals surface area contributed by atoms with Crippen LogP contribution in [0.1, 0.15) is 50.0 Å². The minimum absolute atomic E-state index is 0.0431. The van der Waals surface area contributed by atoms with Crippen molar-refractivity contribution in [2.75, 3.05) is 0 Å². The van der Waals surface area contributed by atoms with Crippen LogP contribution in [0.4, 0.5) is 0 Å². The van der Waals surface area contributed by atoms with Gasteiger partial charge in [0.1, 0.15) is 5.69 Å². The van der Waals surface area contributed by atoms with Crippen LogP contribution >= 0.6 is 0 Å². The third-order valence-corrected chi connectivity index (χ3v) is 3.32. The number of rotatable bonds is 3. The summed E-state index contributed by atoms with van der Waals surface area (Å²) < 4.78 is 1.76. The summed E-state index contributed by atoms with van der Waals surface area (Å²) in [7, 11) is 0. The van der Waals surface area contributed by atoms with Gasteiger partial charge in [-0.1, -0.05) is 25.0 Å². The molecule has 1 aromatic rings. The number of ketones is 1. The van der Waals surface area contributed by atoms with Gasteiger partial charge in [0.05, 0.1) is 6.20 Å². The van der Waals surface area contributed by atoms with Crippen molar-refractivity contribution in [3.8, 4) is 0 Å². The molecule has 0 N–H and O–H groups in total. The Bertz CT molecular complexity index is 364. The van der Waals surface area contributed by atoms with Crippen molar-refractivity contribution >= 4 is 5.78 Å². The van der Waals surface area contributed by atoms with Crippen molar-refractivity contribution < 1.29 is 4.79 Å². The van der Waals surface area contributed by atoms with E-state index in [0.29, 0.717) is 11.1 Å². The second-order valence-corrected chi connectivity index (χ2v) is 4.85. The lowest BCUT2D eigenvalue weighted by Gasteiger charge is -2.23. The maximum atomic E-state index is 11.3. The molecule has 0 bridgehead atoms. The van der Waals surface area contributed by atoms with Gasteiger partial charge >= 0.3 is 0 Å². The second kappa shape index (κ2) is 3.76. The summed E-state index contributed by atoms with van der Waals surface area (Å²) in [5, 5.41) is 7.80. The monoisotopic (exact) mass is 207 g/mol. The molecule has 0 spiro atoms. The standard InChI is InChI=1S/C11H17N3O/c1-9(15)10-7-12-13-14(10)8-11(2)5-3-4-6-11/h7H,3-6,8H2,1-2H3. The minimum Gasteiger partial charge on any atom is -0.293 e. The highest BCUT2D eigenvalue weighted by atomic mass is 16.1. The zero-order valence-electron chi connectivity index (χ0n) is 9.36. The highest BCUT2D eigenvalue weighted by Gasteiger charge is 2.30. The molecule has 0 radical (unpaired) electrons. The Morgan fingerprint density at radius 2 is 2.20 bits per heavy atom. The normalized spacial score (nSPS) is 19.3. The summed E-state index contributed by atoms with van der Waals surface area (Å²) in [6.45, 7) is 4.65. The maximum Gasteiger partial charge on any atom is 0.179 e. The van der Waals surface area contributed by atoms with Crippen LogP contribution < -0.4 is 0 Å². The fourth-order valence-corrected chi connectivity index (χ4v) is 2.40. The first-order valence-electron chi connectivity index (χ1n) is 5.50. The van der Waals surface area contributed by atoms with Crippen molar-refractivity contribution in [3.63, 3.8) is 0 Å². The molecule has 1 fully saturated rings. The van der Waals surface area contributed by atoms with Crippen LogP contribution in [-0.4, -0.2) is 20.8 Å². The highest BCUT2D eigenvalue weighted by molar-refractivity contribution is 5.91. The predicted octanol–water partition coefficient (Wildman–Crippen LogP) is 2.06. The topological polar surface area (TPSA) is 47.8 Å². The Morgan fingerprint density at radius 3 is 2.80 bits per heavy atom. The highest BCUT2D eigenvalue weighted by Crippen LogP contribution is 2.38. The largest absolute Gasteiger partial charge is 0.293 e. The summed E-state index contributed by atoms with van der Waals surface area (Å²) in [6.07, 6.45) is 6.59. The van der Waals surface area contributed by atoms with E-state index in [1.54, 1.807) is 17.8 Å². The minimum atomic E-state index is 0.0431. The van der Waals surface area contributed by atoms with Gasteiger partial charge in [-0.2, -0.15) is 0 Å². The van der Waals surface area contributed by atoms with Crippen LogP contribution in [0, 0.1) is 5.41 Å². The van der Waals surface area contributed by atoms with E-state index in [-0.39, 0.29) is 5.78 Å². The van der Waals surface area contributed by atoms with Gasteiger partial charge in [0.25, 0.3) is 0 Å².